The van der Waals surface area contributed by atoms with Crippen molar-refractivity contribution in [2.45, 2.75) is 29.5 Å². The third kappa shape index (κ3) is 2.44. The molecule has 0 radical (unpaired) electrons. The van der Waals surface area contributed by atoms with E-state index < -0.39 is 15.1 Å². The van der Waals surface area contributed by atoms with E-state index in [4.69, 9.17) is 0 Å². The lowest BCUT2D eigenvalue weighted by molar-refractivity contribution is 0.319. The van der Waals surface area contributed by atoms with Crippen molar-refractivity contribution in [2.24, 2.45) is 0 Å². The molecule has 130 valence electrons. The van der Waals surface area contributed by atoms with Crippen molar-refractivity contribution < 1.29 is 8.42 Å². The second-order valence-electron chi connectivity index (χ2n) is 7.06. The molecule has 0 amide bonds. The van der Waals surface area contributed by atoms with Crippen LogP contribution < -0.4 is 0 Å². The van der Waals surface area contributed by atoms with E-state index in [1.165, 1.54) is 0 Å². The van der Waals surface area contributed by atoms with Gasteiger partial charge in [-0.05, 0) is 73.5 Å². The zero-order valence-electron chi connectivity index (χ0n) is 14.5. The third-order valence-electron chi connectivity index (χ3n) is 5.39. The van der Waals surface area contributed by atoms with Crippen LogP contribution >= 0.6 is 15.9 Å². The van der Waals surface area contributed by atoms with E-state index in [1.807, 2.05) is 30.3 Å². The van der Waals surface area contributed by atoms with Gasteiger partial charge in [0.05, 0.1) is 4.90 Å². The Balaban J connectivity index is 2.02. The molecule has 1 aliphatic heterocycles. The molecule has 1 aliphatic carbocycles. The molecule has 2 aliphatic rings. The van der Waals surface area contributed by atoms with Gasteiger partial charge < -0.3 is 4.90 Å². The standard InChI is InChI=1S/C20H20BrNO2S/c1-12(22(2)3)10-17-16-11-13(21)8-9-14(16)20-19(17)15-6-4-5-7-18(15)25(20,23)24/h4-9,11-12,20H,10H2,1-3H3. The molecular formula is C20H20BrNO2S. The lowest BCUT2D eigenvalue weighted by Gasteiger charge is -2.21. The Labute approximate surface area is 157 Å². The van der Waals surface area contributed by atoms with Crippen LogP contribution in [-0.2, 0) is 9.84 Å². The van der Waals surface area contributed by atoms with Crippen LogP contribution in [0.5, 0.6) is 0 Å². The molecule has 25 heavy (non-hydrogen) atoms. The predicted octanol–water partition coefficient (Wildman–Crippen LogP) is 4.54. The van der Waals surface area contributed by atoms with Crippen LogP contribution in [0.25, 0.3) is 11.1 Å². The molecule has 0 bridgehead atoms. The first-order chi connectivity index (χ1) is 11.8. The first-order valence-electron chi connectivity index (χ1n) is 8.35. The maximum atomic E-state index is 13.2. The van der Waals surface area contributed by atoms with Crippen molar-refractivity contribution in [3.63, 3.8) is 0 Å². The summed E-state index contributed by atoms with van der Waals surface area (Å²) < 4.78 is 27.4. The van der Waals surface area contributed by atoms with Gasteiger partial charge in [-0.25, -0.2) is 8.42 Å². The number of rotatable bonds is 3. The van der Waals surface area contributed by atoms with E-state index in [9.17, 15) is 8.42 Å². The highest BCUT2D eigenvalue weighted by molar-refractivity contribution is 9.10. The highest BCUT2D eigenvalue weighted by Crippen LogP contribution is 2.58. The maximum Gasteiger partial charge on any atom is 0.190 e. The quantitative estimate of drug-likeness (QED) is 0.735. The van der Waals surface area contributed by atoms with Crippen LogP contribution in [-0.4, -0.2) is 33.5 Å². The molecule has 3 nitrogen and oxygen atoms in total. The van der Waals surface area contributed by atoms with E-state index >= 15 is 0 Å². The van der Waals surface area contributed by atoms with E-state index in [-0.39, 0.29) is 0 Å². The van der Waals surface area contributed by atoms with Gasteiger partial charge in [0.2, 0.25) is 0 Å². The molecule has 4 rings (SSSR count). The summed E-state index contributed by atoms with van der Waals surface area (Å²) in [6.45, 7) is 2.17. The molecule has 0 saturated heterocycles. The molecule has 2 aromatic carbocycles. The Morgan fingerprint density at radius 1 is 1.12 bits per heavy atom. The molecule has 0 saturated carbocycles. The molecule has 2 unspecified atom stereocenters. The van der Waals surface area contributed by atoms with Crippen molar-refractivity contribution in [1.29, 1.82) is 0 Å². The number of benzene rings is 2. The van der Waals surface area contributed by atoms with E-state index in [1.54, 1.807) is 6.07 Å². The minimum absolute atomic E-state index is 0.323. The minimum Gasteiger partial charge on any atom is -0.306 e. The van der Waals surface area contributed by atoms with Gasteiger partial charge in [-0.2, -0.15) is 0 Å². The fourth-order valence-electron chi connectivity index (χ4n) is 3.87. The van der Waals surface area contributed by atoms with E-state index in [0.717, 1.165) is 38.7 Å². The van der Waals surface area contributed by atoms with Crippen LogP contribution in [0.3, 0.4) is 0 Å². The number of halogens is 1. The van der Waals surface area contributed by atoms with Crippen molar-refractivity contribution in [3.05, 3.63) is 63.6 Å². The first kappa shape index (κ1) is 17.0. The van der Waals surface area contributed by atoms with Gasteiger partial charge in [0.1, 0.15) is 5.25 Å². The fourth-order valence-corrected chi connectivity index (χ4v) is 6.35. The number of sulfone groups is 1. The molecule has 2 aromatic rings. The molecule has 2 atom stereocenters. The second kappa shape index (κ2) is 5.79. The van der Waals surface area contributed by atoms with Gasteiger partial charge in [-0.1, -0.05) is 40.2 Å². The third-order valence-corrected chi connectivity index (χ3v) is 7.96. The van der Waals surface area contributed by atoms with Crippen molar-refractivity contribution in [2.75, 3.05) is 14.1 Å². The zero-order valence-corrected chi connectivity index (χ0v) is 16.9. The van der Waals surface area contributed by atoms with Gasteiger partial charge in [0.25, 0.3) is 0 Å². The van der Waals surface area contributed by atoms with Gasteiger partial charge in [0, 0.05) is 10.5 Å². The molecular weight excluding hydrogens is 398 g/mol. The van der Waals surface area contributed by atoms with Crippen LogP contribution in [0.15, 0.2) is 51.8 Å². The number of hydrogen-bond acceptors (Lipinski definition) is 3. The predicted molar refractivity (Wildman–Crippen MR) is 105 cm³/mol. The summed E-state index contributed by atoms with van der Waals surface area (Å²) in [6, 6.07) is 13.7. The molecule has 0 N–H and O–H groups in total. The lowest BCUT2D eigenvalue weighted by Crippen LogP contribution is -2.24. The SMILES string of the molecule is CC(CC1=C2c3ccccc3S(=O)(=O)C2c2ccc(Br)cc21)N(C)C. The highest BCUT2D eigenvalue weighted by atomic mass is 79.9. The lowest BCUT2D eigenvalue weighted by atomic mass is 9.95. The second-order valence-corrected chi connectivity index (χ2v) is 9.98. The van der Waals surface area contributed by atoms with Gasteiger partial charge in [-0.3, -0.25) is 0 Å². The molecule has 0 fully saturated rings. The summed E-state index contributed by atoms with van der Waals surface area (Å²) >= 11 is 3.55. The topological polar surface area (TPSA) is 37.4 Å². The average Bonchev–Trinajstić information content (AvgIpc) is 3.00. The normalized spacial score (nSPS) is 21.2. The Bertz CT molecular complexity index is 1010. The van der Waals surface area contributed by atoms with Crippen molar-refractivity contribution >= 4 is 36.9 Å². The highest BCUT2D eigenvalue weighted by Gasteiger charge is 2.48. The molecule has 1 heterocycles. The maximum absolute atomic E-state index is 13.2. The summed E-state index contributed by atoms with van der Waals surface area (Å²) in [7, 11) is 0.733. The smallest absolute Gasteiger partial charge is 0.190 e. The Hall–Kier alpha value is -1.43. The molecule has 5 heteroatoms. The van der Waals surface area contributed by atoms with Crippen LogP contribution in [0.1, 0.15) is 35.3 Å². The Morgan fingerprint density at radius 3 is 2.56 bits per heavy atom. The number of fused-ring (bicyclic) bond motifs is 5. The van der Waals surface area contributed by atoms with E-state index in [2.05, 4.69) is 47.9 Å². The van der Waals surface area contributed by atoms with Crippen LogP contribution in [0.2, 0.25) is 0 Å². The number of nitrogens with zero attached hydrogens (tertiary/aromatic N) is 1. The molecule has 0 aromatic heterocycles. The van der Waals surface area contributed by atoms with Gasteiger partial charge >= 0.3 is 0 Å². The van der Waals surface area contributed by atoms with Gasteiger partial charge in [-0.15, -0.1) is 0 Å². The average molecular weight is 418 g/mol. The minimum atomic E-state index is -3.39. The van der Waals surface area contributed by atoms with Crippen molar-refractivity contribution in [3.8, 4) is 0 Å². The monoisotopic (exact) mass is 417 g/mol. The number of hydrogen-bond donors (Lipinski definition) is 0. The molecule has 0 spiro atoms. The van der Waals surface area contributed by atoms with Crippen LogP contribution in [0.4, 0.5) is 0 Å². The Kier molecular flexibility index (Phi) is 3.94. The first-order valence-corrected chi connectivity index (χ1v) is 10.7. The fraction of sp³-hybridized carbons (Fsp3) is 0.300. The summed E-state index contributed by atoms with van der Waals surface area (Å²) in [5.41, 5.74) is 5.01. The largest absolute Gasteiger partial charge is 0.306 e. The van der Waals surface area contributed by atoms with Crippen molar-refractivity contribution in [1.82, 2.24) is 4.90 Å². The van der Waals surface area contributed by atoms with E-state index in [0.29, 0.717) is 10.9 Å². The summed E-state index contributed by atoms with van der Waals surface area (Å²) in [4.78, 5) is 2.65. The summed E-state index contributed by atoms with van der Waals surface area (Å²) in [6.07, 6.45) is 0.826. The van der Waals surface area contributed by atoms with Crippen LogP contribution in [0, 0.1) is 0 Å². The summed E-state index contributed by atoms with van der Waals surface area (Å²) in [5, 5.41) is -0.558. The zero-order chi connectivity index (χ0) is 17.9. The Morgan fingerprint density at radius 2 is 1.84 bits per heavy atom. The summed E-state index contributed by atoms with van der Waals surface area (Å²) in [5.74, 6) is 0. The van der Waals surface area contributed by atoms with Gasteiger partial charge in [0.15, 0.2) is 9.84 Å².